The fraction of sp³-hybridized carbons (Fsp3) is 0.231. The van der Waals surface area contributed by atoms with E-state index >= 15 is 0 Å². The van der Waals surface area contributed by atoms with Crippen LogP contribution < -0.4 is 0 Å². The van der Waals surface area contributed by atoms with Crippen LogP contribution in [0.2, 0.25) is 5.02 Å². The Balaban J connectivity index is 2.15. The van der Waals surface area contributed by atoms with Gasteiger partial charge in [0.25, 0.3) is 5.91 Å². The van der Waals surface area contributed by atoms with Crippen molar-refractivity contribution in [1.82, 2.24) is 9.88 Å². The SMILES string of the molecule is CCN(Cc1ccco1)C(=O)c1cc(Cl)ccn1. The summed E-state index contributed by atoms with van der Waals surface area (Å²) in [6, 6.07) is 6.84. The first kappa shape index (κ1) is 12.6. The minimum atomic E-state index is -0.156. The summed E-state index contributed by atoms with van der Waals surface area (Å²) >= 11 is 5.85. The van der Waals surface area contributed by atoms with Crippen LogP contribution in [-0.4, -0.2) is 22.3 Å². The number of carbonyl (C=O) groups is 1. The number of hydrogen-bond acceptors (Lipinski definition) is 3. The molecule has 0 saturated heterocycles. The number of aromatic nitrogens is 1. The summed E-state index contributed by atoms with van der Waals surface area (Å²) in [6.45, 7) is 2.91. The number of carbonyl (C=O) groups excluding carboxylic acids is 1. The number of halogens is 1. The van der Waals surface area contributed by atoms with E-state index < -0.39 is 0 Å². The molecule has 0 atom stereocenters. The van der Waals surface area contributed by atoms with Crippen LogP contribution in [0.25, 0.3) is 0 Å². The van der Waals surface area contributed by atoms with Crippen LogP contribution in [0.1, 0.15) is 23.2 Å². The monoisotopic (exact) mass is 264 g/mol. The number of hydrogen-bond donors (Lipinski definition) is 0. The molecule has 0 radical (unpaired) electrons. The molecule has 0 unspecified atom stereocenters. The van der Waals surface area contributed by atoms with Crippen LogP contribution in [0.15, 0.2) is 41.1 Å². The van der Waals surface area contributed by atoms with Gasteiger partial charge in [0, 0.05) is 17.8 Å². The molecule has 5 heteroatoms. The van der Waals surface area contributed by atoms with Gasteiger partial charge in [-0.25, -0.2) is 0 Å². The van der Waals surface area contributed by atoms with Crippen molar-refractivity contribution in [3.8, 4) is 0 Å². The predicted octanol–water partition coefficient (Wildman–Crippen LogP) is 2.99. The number of amides is 1. The standard InChI is InChI=1S/C13H13ClN2O2/c1-2-16(9-11-4-3-7-18-11)13(17)12-8-10(14)5-6-15-12/h3-8H,2,9H2,1H3. The number of furan rings is 1. The Morgan fingerprint density at radius 2 is 2.33 bits per heavy atom. The highest BCUT2D eigenvalue weighted by Gasteiger charge is 2.16. The molecule has 0 aliphatic rings. The summed E-state index contributed by atoms with van der Waals surface area (Å²) < 4.78 is 5.24. The Kier molecular flexibility index (Phi) is 3.99. The van der Waals surface area contributed by atoms with Gasteiger partial charge in [-0.3, -0.25) is 9.78 Å². The summed E-state index contributed by atoms with van der Waals surface area (Å²) in [6.07, 6.45) is 3.11. The molecule has 0 aromatic carbocycles. The molecule has 2 aromatic heterocycles. The van der Waals surface area contributed by atoms with Crippen molar-refractivity contribution < 1.29 is 9.21 Å². The smallest absolute Gasteiger partial charge is 0.272 e. The van der Waals surface area contributed by atoms with Gasteiger partial charge in [0.2, 0.25) is 0 Å². The molecule has 94 valence electrons. The molecule has 2 heterocycles. The maximum atomic E-state index is 12.2. The average Bonchev–Trinajstić information content (AvgIpc) is 2.88. The van der Waals surface area contributed by atoms with E-state index in [0.29, 0.717) is 23.8 Å². The van der Waals surface area contributed by atoms with Crippen LogP contribution >= 0.6 is 11.6 Å². The maximum Gasteiger partial charge on any atom is 0.272 e. The second-order valence-electron chi connectivity index (χ2n) is 3.76. The molecule has 0 bridgehead atoms. The molecule has 0 N–H and O–H groups in total. The Labute approximate surface area is 110 Å². The van der Waals surface area contributed by atoms with Gasteiger partial charge in [-0.05, 0) is 31.2 Å². The van der Waals surface area contributed by atoms with E-state index in [4.69, 9.17) is 16.0 Å². The van der Waals surface area contributed by atoms with Gasteiger partial charge in [0.05, 0.1) is 12.8 Å². The zero-order valence-electron chi connectivity index (χ0n) is 9.97. The first-order valence-electron chi connectivity index (χ1n) is 5.64. The van der Waals surface area contributed by atoms with Crippen molar-refractivity contribution in [3.63, 3.8) is 0 Å². The maximum absolute atomic E-state index is 12.2. The van der Waals surface area contributed by atoms with Crippen molar-refractivity contribution in [2.75, 3.05) is 6.54 Å². The van der Waals surface area contributed by atoms with Crippen molar-refractivity contribution in [2.45, 2.75) is 13.5 Å². The lowest BCUT2D eigenvalue weighted by Gasteiger charge is -2.19. The molecule has 0 aliphatic carbocycles. The Hall–Kier alpha value is -1.81. The number of rotatable bonds is 4. The third kappa shape index (κ3) is 2.90. The van der Waals surface area contributed by atoms with Gasteiger partial charge in [-0.1, -0.05) is 11.6 Å². The third-order valence-corrected chi connectivity index (χ3v) is 2.77. The molecule has 0 spiro atoms. The minimum absolute atomic E-state index is 0.156. The lowest BCUT2D eigenvalue weighted by molar-refractivity contribution is 0.0735. The second-order valence-corrected chi connectivity index (χ2v) is 4.19. The summed E-state index contributed by atoms with van der Waals surface area (Å²) in [4.78, 5) is 17.9. The van der Waals surface area contributed by atoms with Crippen LogP contribution in [-0.2, 0) is 6.54 Å². The molecule has 0 fully saturated rings. The normalized spacial score (nSPS) is 10.3. The second kappa shape index (κ2) is 5.69. The quantitative estimate of drug-likeness (QED) is 0.853. The zero-order valence-corrected chi connectivity index (χ0v) is 10.7. The van der Waals surface area contributed by atoms with Crippen LogP contribution in [0.3, 0.4) is 0 Å². The van der Waals surface area contributed by atoms with Crippen molar-refractivity contribution in [1.29, 1.82) is 0 Å². The molecule has 0 aliphatic heterocycles. The fourth-order valence-corrected chi connectivity index (χ4v) is 1.76. The van der Waals surface area contributed by atoms with Gasteiger partial charge < -0.3 is 9.32 Å². The topological polar surface area (TPSA) is 46.3 Å². The van der Waals surface area contributed by atoms with Crippen LogP contribution in [0.5, 0.6) is 0 Å². The first-order valence-corrected chi connectivity index (χ1v) is 6.01. The number of pyridine rings is 1. The highest BCUT2D eigenvalue weighted by molar-refractivity contribution is 6.30. The largest absolute Gasteiger partial charge is 0.467 e. The molecular weight excluding hydrogens is 252 g/mol. The Morgan fingerprint density at radius 3 is 2.94 bits per heavy atom. The summed E-state index contributed by atoms with van der Waals surface area (Å²) in [5.41, 5.74) is 0.343. The average molecular weight is 265 g/mol. The molecular formula is C13H13ClN2O2. The zero-order chi connectivity index (χ0) is 13.0. The predicted molar refractivity (Wildman–Crippen MR) is 68.4 cm³/mol. The molecule has 1 amide bonds. The van der Waals surface area contributed by atoms with Crippen molar-refractivity contribution in [3.05, 3.63) is 53.2 Å². The van der Waals surface area contributed by atoms with Crippen LogP contribution in [0.4, 0.5) is 0 Å². The van der Waals surface area contributed by atoms with E-state index in [2.05, 4.69) is 4.98 Å². The molecule has 18 heavy (non-hydrogen) atoms. The van der Waals surface area contributed by atoms with E-state index in [0.717, 1.165) is 5.76 Å². The fourth-order valence-electron chi connectivity index (χ4n) is 1.60. The van der Waals surface area contributed by atoms with E-state index in [-0.39, 0.29) is 5.91 Å². The lowest BCUT2D eigenvalue weighted by atomic mass is 10.3. The van der Waals surface area contributed by atoms with Gasteiger partial charge in [-0.2, -0.15) is 0 Å². The van der Waals surface area contributed by atoms with E-state index in [9.17, 15) is 4.79 Å². The van der Waals surface area contributed by atoms with Gasteiger partial charge in [0.15, 0.2) is 0 Å². The lowest BCUT2D eigenvalue weighted by Crippen LogP contribution is -2.30. The molecule has 4 nitrogen and oxygen atoms in total. The van der Waals surface area contributed by atoms with E-state index in [1.54, 1.807) is 29.4 Å². The van der Waals surface area contributed by atoms with Gasteiger partial charge in [-0.15, -0.1) is 0 Å². The highest BCUT2D eigenvalue weighted by atomic mass is 35.5. The van der Waals surface area contributed by atoms with Crippen LogP contribution in [0, 0.1) is 0 Å². The Morgan fingerprint density at radius 1 is 1.50 bits per heavy atom. The van der Waals surface area contributed by atoms with E-state index in [1.165, 1.54) is 6.20 Å². The highest BCUT2D eigenvalue weighted by Crippen LogP contribution is 2.12. The van der Waals surface area contributed by atoms with Crippen molar-refractivity contribution >= 4 is 17.5 Å². The summed E-state index contributed by atoms with van der Waals surface area (Å²) in [7, 11) is 0. The van der Waals surface area contributed by atoms with Gasteiger partial charge >= 0.3 is 0 Å². The minimum Gasteiger partial charge on any atom is -0.467 e. The Bertz CT molecular complexity index is 526. The third-order valence-electron chi connectivity index (χ3n) is 2.54. The molecule has 2 aromatic rings. The van der Waals surface area contributed by atoms with Gasteiger partial charge in [0.1, 0.15) is 11.5 Å². The molecule has 2 rings (SSSR count). The summed E-state index contributed by atoms with van der Waals surface area (Å²) in [5.74, 6) is 0.587. The first-order chi connectivity index (χ1) is 8.70. The van der Waals surface area contributed by atoms with Crippen molar-refractivity contribution in [2.24, 2.45) is 0 Å². The number of nitrogens with zero attached hydrogens (tertiary/aromatic N) is 2. The summed E-state index contributed by atoms with van der Waals surface area (Å²) in [5, 5.41) is 0.502. The van der Waals surface area contributed by atoms with E-state index in [1.807, 2.05) is 13.0 Å². The molecule has 0 saturated carbocycles.